The van der Waals surface area contributed by atoms with E-state index in [4.69, 9.17) is 4.74 Å². The second kappa shape index (κ2) is 8.61. The van der Waals surface area contributed by atoms with E-state index in [1.165, 1.54) is 16.4 Å². The van der Waals surface area contributed by atoms with Gasteiger partial charge in [0.25, 0.3) is 0 Å². The highest BCUT2D eigenvalue weighted by Crippen LogP contribution is 2.27. The van der Waals surface area contributed by atoms with E-state index < -0.39 is 16.0 Å². The number of piperidine rings is 1. The van der Waals surface area contributed by atoms with Crippen LogP contribution in [0.2, 0.25) is 0 Å². The topological polar surface area (TPSA) is 84.0 Å². The second-order valence-electron chi connectivity index (χ2n) is 7.92. The molecule has 8 heteroatoms. The number of sulfonamides is 1. The Morgan fingerprint density at radius 2 is 1.93 bits per heavy atom. The van der Waals surface area contributed by atoms with E-state index in [1.807, 2.05) is 0 Å². The summed E-state index contributed by atoms with van der Waals surface area (Å²) in [5.41, 5.74) is 0.201. The number of amides is 1. The minimum Gasteiger partial charge on any atom is -0.460 e. The number of carbonyl (C=O) groups excluding carboxylic acids is 2. The van der Waals surface area contributed by atoms with Crippen LogP contribution in [0.15, 0.2) is 29.2 Å². The van der Waals surface area contributed by atoms with E-state index in [1.54, 1.807) is 17.0 Å². The van der Waals surface area contributed by atoms with E-state index >= 15 is 0 Å². The van der Waals surface area contributed by atoms with Crippen LogP contribution in [-0.4, -0.2) is 62.3 Å². The molecule has 0 aromatic heterocycles. The van der Waals surface area contributed by atoms with Crippen molar-refractivity contribution in [3.8, 4) is 0 Å². The molecule has 0 bridgehead atoms. The van der Waals surface area contributed by atoms with Crippen LogP contribution in [0.4, 0.5) is 0 Å². The van der Waals surface area contributed by atoms with Crippen LogP contribution >= 0.6 is 0 Å². The average molecular weight is 409 g/mol. The van der Waals surface area contributed by atoms with Crippen molar-refractivity contribution in [2.45, 2.75) is 38.0 Å². The van der Waals surface area contributed by atoms with Gasteiger partial charge >= 0.3 is 5.97 Å². The summed E-state index contributed by atoms with van der Waals surface area (Å²) < 4.78 is 32.8. The maximum absolute atomic E-state index is 13.0. The molecule has 2 aliphatic rings. The van der Waals surface area contributed by atoms with Gasteiger partial charge in [-0.2, -0.15) is 4.31 Å². The summed E-state index contributed by atoms with van der Waals surface area (Å²) in [4.78, 5) is 25.7. The van der Waals surface area contributed by atoms with Gasteiger partial charge in [0.05, 0.1) is 17.0 Å². The summed E-state index contributed by atoms with van der Waals surface area (Å²) in [6.45, 7) is 6.25. The number of benzene rings is 1. The Balaban J connectivity index is 1.65. The maximum Gasteiger partial charge on any atom is 0.338 e. The SMILES string of the molecule is C[C@@H]1C[C@H](C)CN(S(=O)(=O)c2cccc(C(=O)OCCN3CCCC3=O)c2)C1. The molecule has 2 atom stereocenters. The second-order valence-corrected chi connectivity index (χ2v) is 9.85. The van der Waals surface area contributed by atoms with Crippen molar-refractivity contribution >= 4 is 21.9 Å². The summed E-state index contributed by atoms with van der Waals surface area (Å²) in [7, 11) is -3.65. The maximum atomic E-state index is 13.0. The van der Waals surface area contributed by atoms with Gasteiger partial charge in [0.15, 0.2) is 0 Å². The molecule has 7 nitrogen and oxygen atoms in total. The largest absolute Gasteiger partial charge is 0.460 e. The summed E-state index contributed by atoms with van der Waals surface area (Å²) in [5, 5.41) is 0. The van der Waals surface area contributed by atoms with Gasteiger partial charge in [-0.1, -0.05) is 19.9 Å². The molecule has 0 spiro atoms. The molecule has 28 heavy (non-hydrogen) atoms. The molecule has 1 aromatic rings. The molecule has 1 amide bonds. The van der Waals surface area contributed by atoms with Crippen molar-refractivity contribution in [2.75, 3.05) is 32.8 Å². The normalized spacial score (nSPS) is 23.8. The van der Waals surface area contributed by atoms with E-state index in [9.17, 15) is 18.0 Å². The Morgan fingerprint density at radius 3 is 2.57 bits per heavy atom. The third-order valence-electron chi connectivity index (χ3n) is 5.31. The number of rotatable bonds is 6. The molecule has 3 rings (SSSR count). The first-order chi connectivity index (χ1) is 13.3. The van der Waals surface area contributed by atoms with Crippen LogP contribution in [0.25, 0.3) is 0 Å². The Hall–Kier alpha value is -1.93. The quantitative estimate of drug-likeness (QED) is 0.674. The number of nitrogens with zero attached hydrogens (tertiary/aromatic N) is 2. The van der Waals surface area contributed by atoms with Gasteiger partial charge in [-0.05, 0) is 42.9 Å². The predicted octanol–water partition coefficient (Wildman–Crippen LogP) is 2.13. The Bertz CT molecular complexity index is 829. The van der Waals surface area contributed by atoms with E-state index in [-0.39, 0.29) is 23.0 Å². The fraction of sp³-hybridized carbons (Fsp3) is 0.600. The lowest BCUT2D eigenvalue weighted by atomic mass is 9.94. The molecule has 0 unspecified atom stereocenters. The number of carbonyl (C=O) groups is 2. The third kappa shape index (κ3) is 4.72. The van der Waals surface area contributed by atoms with Crippen LogP contribution in [-0.2, 0) is 19.6 Å². The van der Waals surface area contributed by atoms with Gasteiger partial charge in [-0.15, -0.1) is 0 Å². The smallest absolute Gasteiger partial charge is 0.338 e. The van der Waals surface area contributed by atoms with E-state index in [0.717, 1.165) is 12.8 Å². The molecular formula is C20H28N2O5S. The number of hydrogen-bond acceptors (Lipinski definition) is 5. The Labute approximate surface area is 166 Å². The molecule has 2 aliphatic heterocycles. The number of esters is 1. The molecule has 2 fully saturated rings. The van der Waals surface area contributed by atoms with E-state index in [0.29, 0.717) is 44.4 Å². The fourth-order valence-corrected chi connectivity index (χ4v) is 5.73. The fourth-order valence-electron chi connectivity index (χ4n) is 4.01. The first-order valence-corrected chi connectivity index (χ1v) is 11.3. The summed E-state index contributed by atoms with van der Waals surface area (Å²) >= 11 is 0. The van der Waals surface area contributed by atoms with Crippen LogP contribution in [0.5, 0.6) is 0 Å². The minimum absolute atomic E-state index is 0.0779. The average Bonchev–Trinajstić information content (AvgIpc) is 3.06. The lowest BCUT2D eigenvalue weighted by Crippen LogP contribution is -2.42. The van der Waals surface area contributed by atoms with Crippen molar-refractivity contribution in [1.29, 1.82) is 0 Å². The zero-order valence-corrected chi connectivity index (χ0v) is 17.3. The summed E-state index contributed by atoms with van der Waals surface area (Å²) in [6, 6.07) is 6.00. The first-order valence-electron chi connectivity index (χ1n) is 9.82. The molecule has 0 radical (unpaired) electrons. The van der Waals surface area contributed by atoms with Crippen LogP contribution in [0.3, 0.4) is 0 Å². The highest BCUT2D eigenvalue weighted by atomic mass is 32.2. The van der Waals surface area contributed by atoms with Crippen LogP contribution in [0, 0.1) is 11.8 Å². The molecule has 1 aromatic carbocycles. The van der Waals surface area contributed by atoms with Crippen molar-refractivity contribution in [3.63, 3.8) is 0 Å². The first kappa shape index (κ1) is 20.8. The zero-order chi connectivity index (χ0) is 20.3. The molecule has 0 N–H and O–H groups in total. The Morgan fingerprint density at radius 1 is 1.21 bits per heavy atom. The molecule has 0 aliphatic carbocycles. The van der Waals surface area contributed by atoms with Gasteiger partial charge in [0, 0.05) is 26.1 Å². The number of ether oxygens (including phenoxy) is 1. The van der Waals surface area contributed by atoms with Crippen LogP contribution in [0.1, 0.15) is 43.5 Å². The zero-order valence-electron chi connectivity index (χ0n) is 16.5. The van der Waals surface area contributed by atoms with Crippen LogP contribution < -0.4 is 0 Å². The van der Waals surface area contributed by atoms with Gasteiger partial charge < -0.3 is 9.64 Å². The predicted molar refractivity (Wildman–Crippen MR) is 104 cm³/mol. The minimum atomic E-state index is -3.65. The number of hydrogen-bond donors (Lipinski definition) is 0. The van der Waals surface area contributed by atoms with Gasteiger partial charge in [-0.3, -0.25) is 4.79 Å². The highest BCUT2D eigenvalue weighted by Gasteiger charge is 2.32. The summed E-state index contributed by atoms with van der Waals surface area (Å²) in [5.74, 6) is 0.109. The third-order valence-corrected chi connectivity index (χ3v) is 7.14. The molecular weight excluding hydrogens is 380 g/mol. The standard InChI is InChI=1S/C20H28N2O5S/c1-15-11-16(2)14-22(13-15)28(25,26)18-6-3-5-17(12-18)20(24)27-10-9-21-8-4-7-19(21)23/h3,5-6,12,15-16H,4,7-11,13-14H2,1-2H3/t15-,16+. The molecule has 2 saturated heterocycles. The lowest BCUT2D eigenvalue weighted by Gasteiger charge is -2.34. The van der Waals surface area contributed by atoms with Gasteiger partial charge in [0.2, 0.25) is 15.9 Å². The molecule has 0 saturated carbocycles. The number of likely N-dealkylation sites (tertiary alicyclic amines) is 1. The van der Waals surface area contributed by atoms with Gasteiger partial charge in [0.1, 0.15) is 6.61 Å². The lowest BCUT2D eigenvalue weighted by molar-refractivity contribution is -0.128. The van der Waals surface area contributed by atoms with Gasteiger partial charge in [-0.25, -0.2) is 13.2 Å². The van der Waals surface area contributed by atoms with Crippen molar-refractivity contribution < 1.29 is 22.7 Å². The highest BCUT2D eigenvalue weighted by molar-refractivity contribution is 7.89. The Kier molecular flexibility index (Phi) is 6.40. The molecule has 154 valence electrons. The monoisotopic (exact) mass is 408 g/mol. The molecule has 2 heterocycles. The van der Waals surface area contributed by atoms with Crippen molar-refractivity contribution in [2.24, 2.45) is 11.8 Å². The van der Waals surface area contributed by atoms with E-state index in [2.05, 4.69) is 13.8 Å². The summed E-state index contributed by atoms with van der Waals surface area (Å²) in [6.07, 6.45) is 2.39. The van der Waals surface area contributed by atoms with Crippen molar-refractivity contribution in [1.82, 2.24) is 9.21 Å². The van der Waals surface area contributed by atoms with Crippen molar-refractivity contribution in [3.05, 3.63) is 29.8 Å².